The molecule has 1 aliphatic heterocycles. The van der Waals surface area contributed by atoms with Crippen LogP contribution >= 0.6 is 15.9 Å². The Hall–Kier alpha value is -2.94. The first-order chi connectivity index (χ1) is 15.7. The number of amides is 1. The first kappa shape index (κ1) is 23.2. The third-order valence-electron chi connectivity index (χ3n) is 5.49. The topological polar surface area (TPSA) is 68.5 Å². The highest BCUT2D eigenvalue weighted by Gasteiger charge is 2.26. The van der Waals surface area contributed by atoms with E-state index >= 15 is 0 Å². The molecule has 0 N–H and O–H groups in total. The molecule has 3 aromatic rings. The number of fused-ring (bicyclic) bond motifs is 1. The molecule has 2 aromatic heterocycles. The summed E-state index contributed by atoms with van der Waals surface area (Å²) >= 11 is 3.55. The molecule has 176 valence electrons. The first-order valence-corrected chi connectivity index (χ1v) is 11.6. The van der Waals surface area contributed by atoms with Crippen LogP contribution in [0.1, 0.15) is 20.8 Å². The Morgan fingerprint density at radius 2 is 1.73 bits per heavy atom. The van der Waals surface area contributed by atoms with Gasteiger partial charge in [-0.05, 0) is 48.8 Å². The molecule has 1 saturated heterocycles. The van der Waals surface area contributed by atoms with Gasteiger partial charge in [0.2, 0.25) is 0 Å². The summed E-state index contributed by atoms with van der Waals surface area (Å²) in [4.78, 5) is 21.2. The van der Waals surface area contributed by atoms with Gasteiger partial charge in [-0.2, -0.15) is 0 Å². The molecular weight excluding hydrogens is 488 g/mol. The number of rotatable bonds is 4. The van der Waals surface area contributed by atoms with E-state index in [9.17, 15) is 4.79 Å². The molecule has 1 aromatic carbocycles. The van der Waals surface area contributed by atoms with Crippen LogP contribution < -0.4 is 14.4 Å². The van der Waals surface area contributed by atoms with Gasteiger partial charge in [-0.25, -0.2) is 9.78 Å². The number of ether oxygens (including phenoxy) is 3. The standard InChI is InChI=1S/C24H29BrN4O4/c1-24(2,3)33-23(30)28-10-8-27(9-11-28)16-6-7-29-15-19(26-22(29)12-16)17-13-18(25)21(32-5)14-20(17)31-4/h6-7,12-15H,8-11H2,1-5H3. The average Bonchev–Trinajstić information content (AvgIpc) is 3.21. The Morgan fingerprint density at radius 1 is 1.03 bits per heavy atom. The maximum atomic E-state index is 12.3. The zero-order valence-corrected chi connectivity index (χ0v) is 21.2. The van der Waals surface area contributed by atoms with Gasteiger partial charge in [0.1, 0.15) is 22.7 Å². The summed E-state index contributed by atoms with van der Waals surface area (Å²) in [5, 5.41) is 0. The molecule has 8 nitrogen and oxygen atoms in total. The molecular formula is C24H29BrN4O4. The Kier molecular flexibility index (Phi) is 6.43. The lowest BCUT2D eigenvalue weighted by Crippen LogP contribution is -2.50. The zero-order valence-electron chi connectivity index (χ0n) is 19.6. The molecule has 0 atom stereocenters. The molecule has 3 heterocycles. The van der Waals surface area contributed by atoms with Gasteiger partial charge in [0.05, 0.1) is 24.4 Å². The van der Waals surface area contributed by atoms with Gasteiger partial charge in [-0.3, -0.25) is 0 Å². The number of carbonyl (C=O) groups is 1. The molecule has 0 radical (unpaired) electrons. The molecule has 0 spiro atoms. The maximum Gasteiger partial charge on any atom is 0.410 e. The second-order valence-electron chi connectivity index (χ2n) is 8.92. The molecule has 9 heteroatoms. The van der Waals surface area contributed by atoms with Gasteiger partial charge in [0, 0.05) is 62.0 Å². The van der Waals surface area contributed by atoms with Crippen LogP contribution in [0.15, 0.2) is 41.1 Å². The van der Waals surface area contributed by atoms with Crippen LogP contribution in [-0.4, -0.2) is 66.4 Å². The molecule has 1 aliphatic rings. The number of nitrogens with zero attached hydrogens (tertiary/aromatic N) is 4. The molecule has 33 heavy (non-hydrogen) atoms. The number of benzene rings is 1. The fraction of sp³-hybridized carbons (Fsp3) is 0.417. The fourth-order valence-electron chi connectivity index (χ4n) is 3.83. The van der Waals surface area contributed by atoms with E-state index in [0.29, 0.717) is 24.6 Å². The first-order valence-electron chi connectivity index (χ1n) is 10.8. The highest BCUT2D eigenvalue weighted by molar-refractivity contribution is 9.10. The number of anilines is 1. The van der Waals surface area contributed by atoms with Crippen molar-refractivity contribution in [1.82, 2.24) is 14.3 Å². The summed E-state index contributed by atoms with van der Waals surface area (Å²) < 4.78 is 19.3. The van der Waals surface area contributed by atoms with Crippen molar-refractivity contribution in [2.75, 3.05) is 45.3 Å². The normalized spacial score (nSPS) is 14.5. The molecule has 4 rings (SSSR count). The number of pyridine rings is 1. The number of hydrogen-bond acceptors (Lipinski definition) is 6. The van der Waals surface area contributed by atoms with Crippen LogP contribution in [0.25, 0.3) is 16.9 Å². The van der Waals surface area contributed by atoms with Gasteiger partial charge in [-0.15, -0.1) is 0 Å². The van der Waals surface area contributed by atoms with Gasteiger partial charge in [0.25, 0.3) is 0 Å². The minimum Gasteiger partial charge on any atom is -0.496 e. The molecule has 0 unspecified atom stereocenters. The van der Waals surface area contributed by atoms with Crippen LogP contribution in [0.4, 0.5) is 10.5 Å². The highest BCUT2D eigenvalue weighted by Crippen LogP contribution is 2.38. The van der Waals surface area contributed by atoms with Crippen molar-refractivity contribution < 1.29 is 19.0 Å². The number of methoxy groups -OCH3 is 2. The van der Waals surface area contributed by atoms with E-state index in [1.54, 1.807) is 19.1 Å². The van der Waals surface area contributed by atoms with Crippen molar-refractivity contribution in [2.24, 2.45) is 0 Å². The van der Waals surface area contributed by atoms with Crippen LogP contribution in [0.3, 0.4) is 0 Å². The number of imidazole rings is 1. The predicted molar refractivity (Wildman–Crippen MR) is 131 cm³/mol. The van der Waals surface area contributed by atoms with Crippen molar-refractivity contribution >= 4 is 33.4 Å². The number of halogens is 1. The van der Waals surface area contributed by atoms with Crippen LogP contribution in [0.5, 0.6) is 11.5 Å². The molecule has 0 bridgehead atoms. The number of piperazine rings is 1. The number of carbonyl (C=O) groups excluding carboxylic acids is 1. The second kappa shape index (κ2) is 9.13. The Bertz CT molecular complexity index is 1160. The molecule has 0 saturated carbocycles. The average molecular weight is 517 g/mol. The van der Waals surface area contributed by atoms with Gasteiger partial charge in [0.15, 0.2) is 0 Å². The minimum atomic E-state index is -0.486. The predicted octanol–water partition coefficient (Wildman–Crippen LogP) is 4.84. The van der Waals surface area contributed by atoms with Gasteiger partial charge < -0.3 is 28.4 Å². The quantitative estimate of drug-likeness (QED) is 0.494. The Labute approximate surface area is 202 Å². The van der Waals surface area contributed by atoms with E-state index in [4.69, 9.17) is 19.2 Å². The van der Waals surface area contributed by atoms with Gasteiger partial charge >= 0.3 is 6.09 Å². The van der Waals surface area contributed by atoms with E-state index in [-0.39, 0.29) is 6.09 Å². The minimum absolute atomic E-state index is 0.255. The van der Waals surface area contributed by atoms with E-state index in [2.05, 4.69) is 33.0 Å². The summed E-state index contributed by atoms with van der Waals surface area (Å²) in [5.41, 5.74) is 3.11. The summed E-state index contributed by atoms with van der Waals surface area (Å²) in [5.74, 6) is 1.39. The van der Waals surface area contributed by atoms with Crippen molar-refractivity contribution in [3.05, 3.63) is 41.1 Å². The molecule has 1 fully saturated rings. The largest absolute Gasteiger partial charge is 0.496 e. The van der Waals surface area contributed by atoms with Gasteiger partial charge in [-0.1, -0.05) is 0 Å². The third kappa shape index (κ3) is 5.03. The fourth-order valence-corrected chi connectivity index (χ4v) is 4.34. The van der Waals surface area contributed by atoms with Crippen LogP contribution in [0, 0.1) is 0 Å². The monoisotopic (exact) mass is 516 g/mol. The lowest BCUT2D eigenvalue weighted by Gasteiger charge is -2.36. The molecule has 0 aliphatic carbocycles. The number of hydrogen-bond donors (Lipinski definition) is 0. The molecule has 1 amide bonds. The lowest BCUT2D eigenvalue weighted by atomic mass is 10.1. The van der Waals surface area contributed by atoms with E-state index in [1.165, 1.54) is 0 Å². The van der Waals surface area contributed by atoms with E-state index in [1.807, 2.05) is 49.7 Å². The maximum absolute atomic E-state index is 12.3. The van der Waals surface area contributed by atoms with Crippen molar-refractivity contribution in [3.63, 3.8) is 0 Å². The lowest BCUT2D eigenvalue weighted by molar-refractivity contribution is 0.0240. The zero-order chi connectivity index (χ0) is 23.8. The summed E-state index contributed by atoms with van der Waals surface area (Å²) in [6.45, 7) is 8.37. The van der Waals surface area contributed by atoms with Crippen LogP contribution in [-0.2, 0) is 4.74 Å². The smallest absolute Gasteiger partial charge is 0.410 e. The Balaban J connectivity index is 1.53. The van der Waals surface area contributed by atoms with Crippen molar-refractivity contribution in [1.29, 1.82) is 0 Å². The highest BCUT2D eigenvalue weighted by atomic mass is 79.9. The Morgan fingerprint density at radius 3 is 2.36 bits per heavy atom. The third-order valence-corrected chi connectivity index (χ3v) is 6.11. The summed E-state index contributed by atoms with van der Waals surface area (Å²) in [6, 6.07) is 7.94. The van der Waals surface area contributed by atoms with Crippen molar-refractivity contribution in [3.8, 4) is 22.8 Å². The summed E-state index contributed by atoms with van der Waals surface area (Å²) in [6.07, 6.45) is 3.73. The second-order valence-corrected chi connectivity index (χ2v) is 9.77. The number of aromatic nitrogens is 2. The van der Waals surface area contributed by atoms with E-state index in [0.717, 1.165) is 40.2 Å². The van der Waals surface area contributed by atoms with E-state index < -0.39 is 5.60 Å². The van der Waals surface area contributed by atoms with Crippen molar-refractivity contribution in [2.45, 2.75) is 26.4 Å². The SMILES string of the molecule is COc1cc(OC)c(-c2cn3ccc(N4CCN(C(=O)OC(C)(C)C)CC4)cc3n2)cc1Br. The van der Waals surface area contributed by atoms with Crippen LogP contribution in [0.2, 0.25) is 0 Å². The summed E-state index contributed by atoms with van der Waals surface area (Å²) in [7, 11) is 3.26.